The second kappa shape index (κ2) is 8.87. The van der Waals surface area contributed by atoms with E-state index in [2.05, 4.69) is 38.1 Å². The number of rotatable bonds is 7. The normalized spacial score (nSPS) is 25.5. The smallest absolute Gasteiger partial charge is 0.191 e. The van der Waals surface area contributed by atoms with Gasteiger partial charge in [-0.3, -0.25) is 14.8 Å². The first-order valence-electron chi connectivity index (χ1n) is 9.02. The van der Waals surface area contributed by atoms with Crippen molar-refractivity contribution in [2.45, 2.75) is 12.6 Å². The molecule has 0 amide bonds. The summed E-state index contributed by atoms with van der Waals surface area (Å²) in [4.78, 5) is 9.48. The van der Waals surface area contributed by atoms with E-state index < -0.39 is 0 Å². The van der Waals surface area contributed by atoms with E-state index in [4.69, 9.17) is 4.74 Å². The molecule has 3 saturated heterocycles. The molecular formula is C19H29N5O. The van der Waals surface area contributed by atoms with Crippen LogP contribution < -0.4 is 15.4 Å². The molecule has 0 radical (unpaired) electrons. The van der Waals surface area contributed by atoms with Gasteiger partial charge in [0, 0.05) is 64.5 Å². The summed E-state index contributed by atoms with van der Waals surface area (Å²) in [5.74, 6) is 1.71. The first-order chi connectivity index (χ1) is 12.3. The molecule has 6 nitrogen and oxygen atoms in total. The van der Waals surface area contributed by atoms with Gasteiger partial charge in [-0.1, -0.05) is 30.9 Å². The lowest BCUT2D eigenvalue weighted by atomic mass is 10.1. The second-order valence-electron chi connectivity index (χ2n) is 6.50. The number of benzene rings is 1. The highest BCUT2D eigenvalue weighted by molar-refractivity contribution is 5.79. The molecule has 0 spiro atoms. The number of hydrogen-bond donors (Lipinski definition) is 2. The van der Waals surface area contributed by atoms with Gasteiger partial charge in [-0.15, -0.1) is 0 Å². The van der Waals surface area contributed by atoms with Crippen molar-refractivity contribution in [2.24, 2.45) is 4.99 Å². The van der Waals surface area contributed by atoms with Crippen molar-refractivity contribution in [1.29, 1.82) is 0 Å². The molecule has 1 atom stereocenters. The van der Waals surface area contributed by atoms with Crippen LogP contribution in [0.3, 0.4) is 0 Å². The summed E-state index contributed by atoms with van der Waals surface area (Å²) in [6.07, 6.45) is 1.76. The summed E-state index contributed by atoms with van der Waals surface area (Å²) in [6, 6.07) is 8.63. The van der Waals surface area contributed by atoms with Crippen LogP contribution in [0, 0.1) is 0 Å². The van der Waals surface area contributed by atoms with Crippen LogP contribution in [0.2, 0.25) is 0 Å². The maximum absolute atomic E-state index is 5.71. The molecule has 3 aliphatic heterocycles. The zero-order chi connectivity index (χ0) is 17.5. The molecule has 1 aromatic carbocycles. The molecule has 1 unspecified atom stereocenters. The Balaban J connectivity index is 1.49. The van der Waals surface area contributed by atoms with Crippen LogP contribution in [0.5, 0.6) is 5.75 Å². The molecule has 6 heteroatoms. The molecule has 0 aliphatic carbocycles. The van der Waals surface area contributed by atoms with Crippen LogP contribution in [-0.2, 0) is 6.54 Å². The fraction of sp³-hybridized carbons (Fsp3) is 0.526. The predicted octanol–water partition coefficient (Wildman–Crippen LogP) is 0.916. The Kier molecular flexibility index (Phi) is 6.30. The van der Waals surface area contributed by atoms with Gasteiger partial charge in [0.2, 0.25) is 0 Å². The number of guanidine groups is 1. The predicted molar refractivity (Wildman–Crippen MR) is 102 cm³/mol. The number of fused-ring (bicyclic) bond motifs is 3. The average Bonchev–Trinajstić information content (AvgIpc) is 2.68. The van der Waals surface area contributed by atoms with E-state index in [9.17, 15) is 0 Å². The lowest BCUT2D eigenvalue weighted by molar-refractivity contribution is 0.0154. The number of nitrogens with one attached hydrogen (secondary N) is 2. The topological polar surface area (TPSA) is 52.1 Å². The quantitative estimate of drug-likeness (QED) is 0.438. The van der Waals surface area contributed by atoms with Crippen LogP contribution in [-0.4, -0.2) is 74.7 Å². The maximum Gasteiger partial charge on any atom is 0.191 e. The minimum absolute atomic E-state index is 0.512. The highest BCUT2D eigenvalue weighted by Gasteiger charge is 2.31. The van der Waals surface area contributed by atoms with Crippen LogP contribution in [0.15, 0.2) is 41.9 Å². The summed E-state index contributed by atoms with van der Waals surface area (Å²) < 4.78 is 5.71. The molecule has 1 aromatic rings. The third kappa shape index (κ3) is 4.74. The van der Waals surface area contributed by atoms with E-state index in [1.807, 2.05) is 25.2 Å². The molecule has 136 valence electrons. The minimum Gasteiger partial charge on any atom is -0.489 e. The van der Waals surface area contributed by atoms with Crippen LogP contribution in [0.1, 0.15) is 5.56 Å². The summed E-state index contributed by atoms with van der Waals surface area (Å²) in [6.45, 7) is 11.8. The lowest BCUT2D eigenvalue weighted by Crippen LogP contribution is -2.63. The van der Waals surface area contributed by atoms with E-state index in [1.165, 1.54) is 26.2 Å². The summed E-state index contributed by atoms with van der Waals surface area (Å²) in [7, 11) is 1.81. The second-order valence-corrected chi connectivity index (χ2v) is 6.50. The molecule has 4 rings (SSSR count). The molecular weight excluding hydrogens is 314 g/mol. The van der Waals surface area contributed by atoms with E-state index in [0.29, 0.717) is 19.2 Å². The summed E-state index contributed by atoms with van der Waals surface area (Å²) >= 11 is 0. The highest BCUT2D eigenvalue weighted by Crippen LogP contribution is 2.18. The van der Waals surface area contributed by atoms with Crippen molar-refractivity contribution >= 4 is 5.96 Å². The number of aliphatic imine (C=N–C) groups is 1. The summed E-state index contributed by atoms with van der Waals surface area (Å²) in [5, 5.41) is 6.86. The minimum atomic E-state index is 0.512. The molecule has 3 heterocycles. The van der Waals surface area contributed by atoms with E-state index in [-0.39, 0.29) is 0 Å². The van der Waals surface area contributed by atoms with Crippen LogP contribution >= 0.6 is 0 Å². The molecule has 2 bridgehead atoms. The van der Waals surface area contributed by atoms with Gasteiger partial charge in [-0.05, 0) is 6.07 Å². The van der Waals surface area contributed by atoms with E-state index in [0.717, 1.165) is 30.4 Å². The third-order valence-corrected chi connectivity index (χ3v) is 4.90. The molecule has 0 saturated carbocycles. The maximum atomic E-state index is 5.71. The fourth-order valence-electron chi connectivity index (χ4n) is 3.47. The first kappa shape index (κ1) is 17.8. The van der Waals surface area contributed by atoms with Gasteiger partial charge < -0.3 is 15.4 Å². The SMILES string of the molecule is C=CCOc1ccccc1CNC(=NC)NCC1CN2CCN1CC2. The van der Waals surface area contributed by atoms with Gasteiger partial charge >= 0.3 is 0 Å². The van der Waals surface area contributed by atoms with Crippen molar-refractivity contribution in [3.8, 4) is 5.75 Å². The Bertz CT molecular complexity index is 595. The number of ether oxygens (including phenoxy) is 1. The van der Waals surface area contributed by atoms with Gasteiger partial charge in [0.1, 0.15) is 12.4 Å². The van der Waals surface area contributed by atoms with E-state index >= 15 is 0 Å². The Hall–Kier alpha value is -2.05. The van der Waals surface area contributed by atoms with Gasteiger partial charge in [0.05, 0.1) is 0 Å². The zero-order valence-electron chi connectivity index (χ0n) is 15.1. The standard InChI is InChI=1S/C19H29N5O/c1-3-12-25-18-7-5-4-6-16(18)13-21-19(20-2)22-14-17-15-23-8-10-24(17)11-9-23/h3-7,17H,1,8-15H2,2H3,(H2,20,21,22). The average molecular weight is 343 g/mol. The Morgan fingerprint density at radius 3 is 2.76 bits per heavy atom. The molecule has 0 aromatic heterocycles. The van der Waals surface area contributed by atoms with Crippen molar-refractivity contribution in [1.82, 2.24) is 20.4 Å². The van der Waals surface area contributed by atoms with E-state index in [1.54, 1.807) is 6.08 Å². The number of piperazine rings is 3. The molecule has 25 heavy (non-hydrogen) atoms. The number of para-hydroxylation sites is 1. The van der Waals surface area contributed by atoms with Crippen molar-refractivity contribution in [3.05, 3.63) is 42.5 Å². The highest BCUT2D eigenvalue weighted by atomic mass is 16.5. The first-order valence-corrected chi connectivity index (χ1v) is 9.02. The zero-order valence-corrected chi connectivity index (χ0v) is 15.1. The monoisotopic (exact) mass is 343 g/mol. The number of nitrogens with zero attached hydrogens (tertiary/aromatic N) is 3. The third-order valence-electron chi connectivity index (χ3n) is 4.90. The van der Waals surface area contributed by atoms with Gasteiger partial charge in [0.25, 0.3) is 0 Å². The number of hydrogen-bond acceptors (Lipinski definition) is 4. The fourth-order valence-corrected chi connectivity index (χ4v) is 3.47. The molecule has 3 fully saturated rings. The van der Waals surface area contributed by atoms with Crippen LogP contribution in [0.4, 0.5) is 0 Å². The molecule has 3 aliphatic rings. The molecule has 2 N–H and O–H groups in total. The van der Waals surface area contributed by atoms with Crippen LogP contribution in [0.25, 0.3) is 0 Å². The Morgan fingerprint density at radius 1 is 1.28 bits per heavy atom. The van der Waals surface area contributed by atoms with Crippen molar-refractivity contribution in [2.75, 3.05) is 52.9 Å². The Labute approximate surface area is 150 Å². The van der Waals surface area contributed by atoms with Gasteiger partial charge in [0.15, 0.2) is 5.96 Å². The van der Waals surface area contributed by atoms with Gasteiger partial charge in [-0.2, -0.15) is 0 Å². The van der Waals surface area contributed by atoms with Gasteiger partial charge in [-0.25, -0.2) is 0 Å². The van der Waals surface area contributed by atoms with Crippen molar-refractivity contribution < 1.29 is 4.74 Å². The van der Waals surface area contributed by atoms with Crippen molar-refractivity contribution in [3.63, 3.8) is 0 Å². The Morgan fingerprint density at radius 2 is 2.08 bits per heavy atom. The lowest BCUT2D eigenvalue weighted by Gasteiger charge is -2.47. The largest absolute Gasteiger partial charge is 0.489 e. The summed E-state index contributed by atoms with van der Waals surface area (Å²) in [5.41, 5.74) is 1.11.